The third-order valence-electron chi connectivity index (χ3n) is 1.95. The summed E-state index contributed by atoms with van der Waals surface area (Å²) in [4.78, 5) is 10.6. The summed E-state index contributed by atoms with van der Waals surface area (Å²) in [5.74, 6) is -3.00. The van der Waals surface area contributed by atoms with E-state index >= 15 is 0 Å². The Morgan fingerprint density at radius 1 is 1.37 bits per heavy atom. The van der Waals surface area contributed by atoms with E-state index in [0.717, 1.165) is 6.07 Å². The van der Waals surface area contributed by atoms with Gasteiger partial charge in [-0.1, -0.05) is 0 Å². The van der Waals surface area contributed by atoms with Crippen LogP contribution < -0.4 is 4.74 Å². The van der Waals surface area contributed by atoms with E-state index < -0.39 is 41.2 Å². The van der Waals surface area contributed by atoms with Gasteiger partial charge in [0.25, 0.3) is 6.43 Å². The lowest BCUT2D eigenvalue weighted by Crippen LogP contribution is -2.19. The number of hydrogen-bond acceptors (Lipinski definition) is 3. The molecule has 0 atom stereocenters. The summed E-state index contributed by atoms with van der Waals surface area (Å²) in [7, 11) is 0. The second kappa shape index (κ2) is 5.09. The largest absolute Gasteiger partial charge is 0.573 e. The van der Waals surface area contributed by atoms with E-state index in [4.69, 9.17) is 10.4 Å². The predicted octanol–water partition coefficient (Wildman–Crippen LogP) is 3.09. The van der Waals surface area contributed by atoms with Crippen LogP contribution in [0, 0.1) is 11.3 Å². The lowest BCUT2D eigenvalue weighted by atomic mass is 10.0. The second-order valence-electron chi connectivity index (χ2n) is 3.20. The molecule has 19 heavy (non-hydrogen) atoms. The Labute approximate surface area is 102 Å². The number of halogens is 5. The number of benzene rings is 1. The molecule has 102 valence electrons. The quantitative estimate of drug-likeness (QED) is 0.864. The maximum atomic E-state index is 12.6. The Morgan fingerprint density at radius 2 is 1.95 bits per heavy atom. The fourth-order valence-corrected chi connectivity index (χ4v) is 1.26. The molecule has 1 rings (SSSR count). The third-order valence-corrected chi connectivity index (χ3v) is 1.95. The molecule has 4 nitrogen and oxygen atoms in total. The lowest BCUT2D eigenvalue weighted by molar-refractivity contribution is -0.274. The van der Waals surface area contributed by atoms with E-state index in [2.05, 4.69) is 4.74 Å². The zero-order valence-electron chi connectivity index (χ0n) is 8.83. The average molecular weight is 281 g/mol. The van der Waals surface area contributed by atoms with Crippen molar-refractivity contribution in [3.05, 3.63) is 28.8 Å². The van der Waals surface area contributed by atoms with Crippen LogP contribution in [0.25, 0.3) is 0 Å². The molecule has 9 heteroatoms. The molecule has 0 heterocycles. The van der Waals surface area contributed by atoms with Gasteiger partial charge >= 0.3 is 12.3 Å². The van der Waals surface area contributed by atoms with Gasteiger partial charge in [0.1, 0.15) is 17.4 Å². The number of carboxylic acids is 1. The standard InChI is InChI=1S/C10H4F5NO3/c11-8(12)5-1-4(9(17)18)2-7(6(5)3-16)19-10(13,14)15/h1-2,8H,(H,17,18). The van der Waals surface area contributed by atoms with Gasteiger partial charge in [-0.15, -0.1) is 13.2 Å². The van der Waals surface area contributed by atoms with E-state index in [1.807, 2.05) is 0 Å². The molecule has 1 aromatic carbocycles. The van der Waals surface area contributed by atoms with Crippen LogP contribution >= 0.6 is 0 Å². The summed E-state index contributed by atoms with van der Waals surface area (Å²) in [6, 6.07) is 1.92. The molecule has 1 N–H and O–H groups in total. The number of hydrogen-bond donors (Lipinski definition) is 1. The summed E-state index contributed by atoms with van der Waals surface area (Å²) in [6.07, 6.45) is -8.55. The predicted molar refractivity (Wildman–Crippen MR) is 49.8 cm³/mol. The van der Waals surface area contributed by atoms with Gasteiger partial charge in [0.05, 0.1) is 5.56 Å². The molecule has 0 amide bonds. The van der Waals surface area contributed by atoms with Crippen LogP contribution in [0.5, 0.6) is 5.75 Å². The minimum absolute atomic E-state index is 0.361. The molecule has 0 aromatic heterocycles. The van der Waals surface area contributed by atoms with Gasteiger partial charge in [-0.3, -0.25) is 0 Å². The fraction of sp³-hybridized carbons (Fsp3) is 0.200. The van der Waals surface area contributed by atoms with Gasteiger partial charge in [0, 0.05) is 5.56 Å². The highest BCUT2D eigenvalue weighted by atomic mass is 19.4. The van der Waals surface area contributed by atoms with Crippen molar-refractivity contribution in [3.8, 4) is 11.8 Å². The summed E-state index contributed by atoms with van der Waals surface area (Å²) >= 11 is 0. The Hall–Kier alpha value is -2.37. The number of alkyl halides is 5. The molecule has 0 unspecified atom stereocenters. The van der Waals surface area contributed by atoms with Crippen LogP contribution in [-0.2, 0) is 0 Å². The van der Waals surface area contributed by atoms with Crippen LogP contribution in [0.15, 0.2) is 12.1 Å². The highest BCUT2D eigenvalue weighted by Gasteiger charge is 2.34. The van der Waals surface area contributed by atoms with E-state index in [0.29, 0.717) is 12.1 Å². The van der Waals surface area contributed by atoms with E-state index in [1.54, 1.807) is 0 Å². The molecule has 0 bridgehead atoms. The molecule has 0 aliphatic carbocycles. The summed E-state index contributed by atoms with van der Waals surface area (Å²) in [6.45, 7) is 0. The monoisotopic (exact) mass is 281 g/mol. The molecular formula is C10H4F5NO3. The van der Waals surface area contributed by atoms with Gasteiger partial charge < -0.3 is 9.84 Å². The molecular weight excluding hydrogens is 277 g/mol. The highest BCUT2D eigenvalue weighted by Crippen LogP contribution is 2.34. The topological polar surface area (TPSA) is 70.3 Å². The van der Waals surface area contributed by atoms with Crippen molar-refractivity contribution in [1.82, 2.24) is 0 Å². The number of carboxylic acid groups (broad SMARTS) is 1. The van der Waals surface area contributed by atoms with Crippen LogP contribution in [0.3, 0.4) is 0 Å². The average Bonchev–Trinajstić information content (AvgIpc) is 2.25. The van der Waals surface area contributed by atoms with Crippen LogP contribution in [0.4, 0.5) is 22.0 Å². The summed E-state index contributed by atoms with van der Waals surface area (Å²) in [5, 5.41) is 17.2. The van der Waals surface area contributed by atoms with Crippen LogP contribution in [0.2, 0.25) is 0 Å². The molecule has 0 aliphatic heterocycles. The third kappa shape index (κ3) is 3.54. The first-order chi connectivity index (χ1) is 8.65. The Bertz CT molecular complexity index is 547. The molecule has 0 radical (unpaired) electrons. The Kier molecular flexibility index (Phi) is 3.94. The van der Waals surface area contributed by atoms with Crippen molar-refractivity contribution < 1.29 is 36.6 Å². The first-order valence-electron chi connectivity index (χ1n) is 4.51. The van der Waals surface area contributed by atoms with Gasteiger partial charge in [0.15, 0.2) is 0 Å². The molecule has 0 aliphatic rings. The second-order valence-corrected chi connectivity index (χ2v) is 3.20. The summed E-state index contributed by atoms with van der Waals surface area (Å²) in [5.41, 5.74) is -3.03. The molecule has 0 saturated carbocycles. The Morgan fingerprint density at radius 3 is 2.32 bits per heavy atom. The maximum absolute atomic E-state index is 12.6. The highest BCUT2D eigenvalue weighted by molar-refractivity contribution is 5.89. The summed E-state index contributed by atoms with van der Waals surface area (Å²) < 4.78 is 64.7. The molecule has 0 fully saturated rings. The fourth-order valence-electron chi connectivity index (χ4n) is 1.26. The van der Waals surface area contributed by atoms with Crippen LogP contribution in [-0.4, -0.2) is 17.4 Å². The van der Waals surface area contributed by atoms with E-state index in [-0.39, 0.29) is 0 Å². The minimum Gasteiger partial charge on any atom is -0.478 e. The SMILES string of the molecule is N#Cc1c(OC(F)(F)F)cc(C(=O)O)cc1C(F)F. The number of ether oxygens (including phenoxy) is 1. The van der Waals surface area contributed by atoms with Gasteiger partial charge in [-0.05, 0) is 12.1 Å². The number of nitrogens with zero attached hydrogens (tertiary/aromatic N) is 1. The zero-order valence-corrected chi connectivity index (χ0v) is 8.83. The molecule has 0 spiro atoms. The van der Waals surface area contributed by atoms with Crippen molar-refractivity contribution in [2.75, 3.05) is 0 Å². The van der Waals surface area contributed by atoms with Crippen molar-refractivity contribution >= 4 is 5.97 Å². The zero-order chi connectivity index (χ0) is 14.8. The lowest BCUT2D eigenvalue weighted by Gasteiger charge is -2.13. The Balaban J connectivity index is 3.50. The van der Waals surface area contributed by atoms with Gasteiger partial charge in [-0.2, -0.15) is 5.26 Å². The van der Waals surface area contributed by atoms with Gasteiger partial charge in [0.2, 0.25) is 0 Å². The maximum Gasteiger partial charge on any atom is 0.573 e. The molecule has 1 aromatic rings. The normalized spacial score (nSPS) is 11.2. The van der Waals surface area contributed by atoms with E-state index in [9.17, 15) is 26.7 Å². The minimum atomic E-state index is -5.23. The van der Waals surface area contributed by atoms with E-state index in [1.165, 1.54) is 0 Å². The number of rotatable bonds is 3. The van der Waals surface area contributed by atoms with Crippen molar-refractivity contribution in [2.24, 2.45) is 0 Å². The van der Waals surface area contributed by atoms with Crippen molar-refractivity contribution in [3.63, 3.8) is 0 Å². The van der Waals surface area contributed by atoms with Crippen molar-refractivity contribution in [1.29, 1.82) is 5.26 Å². The number of aromatic carboxylic acids is 1. The number of nitriles is 1. The smallest absolute Gasteiger partial charge is 0.478 e. The molecule has 0 saturated heterocycles. The number of carbonyl (C=O) groups is 1. The first-order valence-corrected chi connectivity index (χ1v) is 4.51. The van der Waals surface area contributed by atoms with Crippen LogP contribution in [0.1, 0.15) is 27.9 Å². The first kappa shape index (κ1) is 14.7. The van der Waals surface area contributed by atoms with Gasteiger partial charge in [-0.25, -0.2) is 13.6 Å². The van der Waals surface area contributed by atoms with Crippen molar-refractivity contribution in [2.45, 2.75) is 12.8 Å².